The third kappa shape index (κ3) is 3.99. The number of nitrogen functional groups attached to an aromatic ring is 1. The van der Waals surface area contributed by atoms with Gasteiger partial charge in [-0.15, -0.1) is 0 Å². The van der Waals surface area contributed by atoms with Crippen LogP contribution in [0, 0.1) is 5.41 Å². The number of anilines is 3. The lowest BCUT2D eigenvalue weighted by molar-refractivity contribution is -0.114. The van der Waals surface area contributed by atoms with Gasteiger partial charge in [-0.25, -0.2) is 9.97 Å². The Hall–Kier alpha value is -4.53. The number of fused-ring (bicyclic) bond motifs is 1. The fraction of sp³-hybridized carbons (Fsp3) is 0.160. The minimum absolute atomic E-state index is 0.178. The van der Waals surface area contributed by atoms with Gasteiger partial charge in [0.25, 0.3) is 0 Å². The molecule has 2 heterocycles. The van der Waals surface area contributed by atoms with Crippen LogP contribution in [0.3, 0.4) is 0 Å². The molecular weight excluding hydrogens is 428 g/mol. The first-order valence-electron chi connectivity index (χ1n) is 10.9. The molecule has 0 atom stereocenters. The predicted octanol–water partition coefficient (Wildman–Crippen LogP) is 3.51. The highest BCUT2D eigenvalue weighted by molar-refractivity contribution is 6.17. The minimum Gasteiger partial charge on any atom is -0.383 e. The number of carbonyl (C=O) groups is 1. The lowest BCUT2D eigenvalue weighted by Crippen LogP contribution is -2.42. The number of para-hydroxylation sites is 1. The summed E-state index contributed by atoms with van der Waals surface area (Å²) in [5.74, 6) is 0.511. The molecule has 170 valence electrons. The molecule has 1 fully saturated rings. The zero-order chi connectivity index (χ0) is 23.7. The summed E-state index contributed by atoms with van der Waals surface area (Å²) in [5, 5.41) is 20.2. The molecule has 2 aromatic heterocycles. The van der Waals surface area contributed by atoms with Gasteiger partial charge in [0.15, 0.2) is 0 Å². The van der Waals surface area contributed by atoms with Crippen LogP contribution in [0.4, 0.5) is 17.3 Å². The van der Waals surface area contributed by atoms with E-state index in [1.165, 1.54) is 12.4 Å². The molecule has 5 N–H and O–H groups in total. The summed E-state index contributed by atoms with van der Waals surface area (Å²) >= 11 is 0. The van der Waals surface area contributed by atoms with Crippen LogP contribution in [0.15, 0.2) is 73.7 Å². The highest BCUT2D eigenvalue weighted by Crippen LogP contribution is 2.41. The Kier molecular flexibility index (Phi) is 5.29. The standard InChI is InChI=1S/C25H24N8O/c1-2-20(34)33(18-6-4-3-5-7-18)14-25(10-11-25)31-24-21(23(27)28-15-29-24)22(26)16-8-9-19-17(12-16)13-30-32-19/h2-9,12-13,15,26H,1,10-11,14H2,(H,30,32)(H3,27,28,29,31). The normalized spacial score (nSPS) is 13.9. The predicted molar refractivity (Wildman–Crippen MR) is 133 cm³/mol. The highest BCUT2D eigenvalue weighted by atomic mass is 16.2. The van der Waals surface area contributed by atoms with Crippen LogP contribution in [-0.2, 0) is 4.79 Å². The van der Waals surface area contributed by atoms with E-state index < -0.39 is 5.54 Å². The molecule has 0 unspecified atom stereocenters. The fourth-order valence-electron chi connectivity index (χ4n) is 4.02. The Morgan fingerprint density at radius 2 is 2.03 bits per heavy atom. The summed E-state index contributed by atoms with van der Waals surface area (Å²) in [6, 6.07) is 15.1. The molecule has 1 aliphatic rings. The Labute approximate surface area is 196 Å². The Morgan fingerprint density at radius 3 is 2.76 bits per heavy atom. The first kappa shape index (κ1) is 21.3. The Balaban J connectivity index is 1.45. The SMILES string of the molecule is C=CC(=O)N(CC1(Nc2ncnc(N)c2C(=N)c2ccc3[nH]ncc3c2)CC1)c1ccccc1. The topological polar surface area (TPSA) is 137 Å². The van der Waals surface area contributed by atoms with E-state index in [1.54, 1.807) is 11.1 Å². The maximum Gasteiger partial charge on any atom is 0.250 e. The van der Waals surface area contributed by atoms with Gasteiger partial charge < -0.3 is 16.0 Å². The lowest BCUT2D eigenvalue weighted by atomic mass is 10.0. The average molecular weight is 453 g/mol. The van der Waals surface area contributed by atoms with Gasteiger partial charge in [0, 0.05) is 23.2 Å². The van der Waals surface area contributed by atoms with Crippen LogP contribution in [0.1, 0.15) is 24.0 Å². The smallest absolute Gasteiger partial charge is 0.250 e. The highest BCUT2D eigenvalue weighted by Gasteiger charge is 2.46. The van der Waals surface area contributed by atoms with E-state index in [-0.39, 0.29) is 17.4 Å². The van der Waals surface area contributed by atoms with E-state index >= 15 is 0 Å². The Bertz CT molecular complexity index is 1390. The summed E-state index contributed by atoms with van der Waals surface area (Å²) in [4.78, 5) is 22.9. The number of carbonyl (C=O) groups excluding carboxylic acids is 1. The van der Waals surface area contributed by atoms with Crippen molar-refractivity contribution in [2.75, 3.05) is 22.5 Å². The van der Waals surface area contributed by atoms with Gasteiger partial charge in [0.2, 0.25) is 5.91 Å². The molecule has 0 radical (unpaired) electrons. The van der Waals surface area contributed by atoms with Gasteiger partial charge >= 0.3 is 0 Å². The third-order valence-corrected chi connectivity index (χ3v) is 6.06. The molecule has 0 aliphatic heterocycles. The summed E-state index contributed by atoms with van der Waals surface area (Å²) in [6.45, 7) is 4.09. The number of nitrogens with zero attached hydrogens (tertiary/aromatic N) is 4. The van der Waals surface area contributed by atoms with Gasteiger partial charge in [-0.1, -0.05) is 30.8 Å². The van der Waals surface area contributed by atoms with Gasteiger partial charge in [-0.2, -0.15) is 5.10 Å². The number of amides is 1. The molecule has 0 bridgehead atoms. The molecular formula is C25H24N8O. The number of benzene rings is 2. The molecule has 9 nitrogen and oxygen atoms in total. The number of rotatable bonds is 8. The van der Waals surface area contributed by atoms with Crippen molar-refractivity contribution in [3.63, 3.8) is 0 Å². The average Bonchev–Trinajstić information content (AvgIpc) is 3.44. The first-order valence-corrected chi connectivity index (χ1v) is 10.9. The van der Waals surface area contributed by atoms with Crippen molar-refractivity contribution in [3.8, 4) is 0 Å². The first-order chi connectivity index (χ1) is 16.5. The van der Waals surface area contributed by atoms with Crippen molar-refractivity contribution < 1.29 is 4.79 Å². The largest absolute Gasteiger partial charge is 0.383 e. The molecule has 0 spiro atoms. The van der Waals surface area contributed by atoms with Crippen LogP contribution >= 0.6 is 0 Å². The van der Waals surface area contributed by atoms with E-state index in [4.69, 9.17) is 11.1 Å². The van der Waals surface area contributed by atoms with Gasteiger partial charge in [0.05, 0.1) is 28.5 Å². The van der Waals surface area contributed by atoms with Crippen LogP contribution in [0.2, 0.25) is 0 Å². The molecule has 2 aromatic carbocycles. The van der Waals surface area contributed by atoms with E-state index in [0.717, 1.165) is 29.4 Å². The second-order valence-electron chi connectivity index (χ2n) is 8.40. The van der Waals surface area contributed by atoms with Gasteiger partial charge in [0.1, 0.15) is 18.0 Å². The van der Waals surface area contributed by atoms with Crippen molar-refractivity contribution in [1.82, 2.24) is 20.2 Å². The number of nitrogens with one attached hydrogen (secondary N) is 3. The van der Waals surface area contributed by atoms with Crippen molar-refractivity contribution >= 4 is 39.8 Å². The van der Waals surface area contributed by atoms with Crippen molar-refractivity contribution in [3.05, 3.63) is 84.8 Å². The molecule has 34 heavy (non-hydrogen) atoms. The molecule has 9 heteroatoms. The minimum atomic E-state index is -0.390. The van der Waals surface area contributed by atoms with Crippen LogP contribution in [0.5, 0.6) is 0 Å². The number of H-pyrrole nitrogens is 1. The number of aromatic amines is 1. The van der Waals surface area contributed by atoms with E-state index in [1.807, 2.05) is 48.5 Å². The summed E-state index contributed by atoms with van der Waals surface area (Å²) in [5.41, 5.74) is 8.83. The van der Waals surface area contributed by atoms with E-state index in [9.17, 15) is 4.79 Å². The second kappa shape index (κ2) is 8.43. The molecule has 0 saturated heterocycles. The van der Waals surface area contributed by atoms with Crippen LogP contribution in [-0.4, -0.2) is 43.9 Å². The van der Waals surface area contributed by atoms with Gasteiger partial charge in [-0.05, 0) is 43.2 Å². The Morgan fingerprint density at radius 1 is 1.24 bits per heavy atom. The van der Waals surface area contributed by atoms with E-state index in [2.05, 4.69) is 32.1 Å². The maximum absolute atomic E-state index is 12.7. The zero-order valence-corrected chi connectivity index (χ0v) is 18.5. The summed E-state index contributed by atoms with van der Waals surface area (Å²) in [6.07, 6.45) is 6.10. The van der Waals surface area contributed by atoms with Crippen molar-refractivity contribution in [1.29, 1.82) is 5.41 Å². The quantitative estimate of drug-likeness (QED) is 0.238. The molecule has 4 aromatic rings. The number of hydrogen-bond acceptors (Lipinski definition) is 7. The molecule has 5 rings (SSSR count). The lowest BCUT2D eigenvalue weighted by Gasteiger charge is -2.28. The number of aromatic nitrogens is 4. The third-order valence-electron chi connectivity index (χ3n) is 6.06. The summed E-state index contributed by atoms with van der Waals surface area (Å²) < 4.78 is 0. The summed E-state index contributed by atoms with van der Waals surface area (Å²) in [7, 11) is 0. The maximum atomic E-state index is 12.7. The van der Waals surface area contributed by atoms with Gasteiger partial charge in [-0.3, -0.25) is 15.3 Å². The number of nitrogens with two attached hydrogens (primary N) is 1. The second-order valence-corrected chi connectivity index (χ2v) is 8.40. The van der Waals surface area contributed by atoms with Crippen molar-refractivity contribution in [2.45, 2.75) is 18.4 Å². The van der Waals surface area contributed by atoms with Crippen LogP contribution in [0.25, 0.3) is 10.9 Å². The van der Waals surface area contributed by atoms with E-state index in [0.29, 0.717) is 23.5 Å². The number of hydrogen-bond donors (Lipinski definition) is 4. The monoisotopic (exact) mass is 452 g/mol. The van der Waals surface area contributed by atoms with Crippen LogP contribution < -0.4 is 16.0 Å². The molecule has 1 amide bonds. The molecule has 1 aliphatic carbocycles. The molecule has 1 saturated carbocycles. The van der Waals surface area contributed by atoms with Crippen molar-refractivity contribution in [2.24, 2.45) is 0 Å². The fourth-order valence-corrected chi connectivity index (χ4v) is 4.02. The zero-order valence-electron chi connectivity index (χ0n) is 18.5.